The molecule has 0 aliphatic carbocycles. The lowest BCUT2D eigenvalue weighted by Gasteiger charge is -2.20. The van der Waals surface area contributed by atoms with E-state index in [1.54, 1.807) is 47.8 Å². The van der Waals surface area contributed by atoms with Crippen LogP contribution in [0.5, 0.6) is 11.5 Å². The van der Waals surface area contributed by atoms with Crippen molar-refractivity contribution in [2.75, 3.05) is 18.5 Å². The first kappa shape index (κ1) is 19.3. The summed E-state index contributed by atoms with van der Waals surface area (Å²) in [6.07, 6.45) is 0. The lowest BCUT2D eigenvalue weighted by atomic mass is 10.1. The van der Waals surface area contributed by atoms with E-state index in [4.69, 9.17) is 21.1 Å². The van der Waals surface area contributed by atoms with Crippen molar-refractivity contribution in [1.82, 2.24) is 5.32 Å². The number of rotatable bonds is 5. The van der Waals surface area contributed by atoms with Crippen LogP contribution in [0.15, 0.2) is 53.2 Å². The van der Waals surface area contributed by atoms with E-state index in [0.29, 0.717) is 46.5 Å². The van der Waals surface area contributed by atoms with Gasteiger partial charge < -0.3 is 20.1 Å². The van der Waals surface area contributed by atoms with Crippen LogP contribution in [0.25, 0.3) is 0 Å². The van der Waals surface area contributed by atoms with Crippen molar-refractivity contribution >= 4 is 40.4 Å². The molecular formula is C21H17ClN2O4S. The Bertz CT molecular complexity index is 1050. The van der Waals surface area contributed by atoms with Crippen LogP contribution in [-0.4, -0.2) is 25.0 Å². The zero-order chi connectivity index (χ0) is 20.2. The number of nitrogens with one attached hydrogen (secondary N) is 2. The van der Waals surface area contributed by atoms with Gasteiger partial charge in [-0.05, 0) is 41.3 Å². The highest BCUT2D eigenvalue weighted by atomic mass is 35.5. The second-order valence-electron chi connectivity index (χ2n) is 6.30. The Morgan fingerprint density at radius 2 is 1.90 bits per heavy atom. The highest BCUT2D eigenvalue weighted by Crippen LogP contribution is 2.38. The first-order valence-corrected chi connectivity index (χ1v) is 10.2. The first-order chi connectivity index (χ1) is 14.1. The van der Waals surface area contributed by atoms with Crippen LogP contribution < -0.4 is 20.1 Å². The summed E-state index contributed by atoms with van der Waals surface area (Å²) in [5.74, 6) is 0.522. The third-order valence-corrected chi connectivity index (χ3v) is 5.28. The molecule has 2 N–H and O–H groups in total. The summed E-state index contributed by atoms with van der Waals surface area (Å²) in [5, 5.41) is 9.66. The van der Waals surface area contributed by atoms with E-state index in [1.165, 1.54) is 11.3 Å². The van der Waals surface area contributed by atoms with Gasteiger partial charge in [0, 0.05) is 11.9 Å². The van der Waals surface area contributed by atoms with Gasteiger partial charge in [-0.3, -0.25) is 9.59 Å². The van der Waals surface area contributed by atoms with Crippen molar-refractivity contribution in [1.29, 1.82) is 0 Å². The highest BCUT2D eigenvalue weighted by molar-refractivity contribution is 7.08. The summed E-state index contributed by atoms with van der Waals surface area (Å²) in [6.45, 7) is 1.16. The molecule has 2 aromatic carbocycles. The summed E-state index contributed by atoms with van der Waals surface area (Å²) in [6, 6.07) is 12.1. The summed E-state index contributed by atoms with van der Waals surface area (Å²) in [4.78, 5) is 25.1. The molecule has 0 fully saturated rings. The number of ether oxygens (including phenoxy) is 2. The standard InChI is InChI=1S/C21H17ClN2O4S/c22-16-9-13(10-18-19(16)28-7-6-27-18)11-23-21(26)15-3-1-2-4-17(15)24-20(25)14-5-8-29-12-14/h1-5,8-10,12H,6-7,11H2,(H,23,26)(H,24,25). The third kappa shape index (κ3) is 4.36. The smallest absolute Gasteiger partial charge is 0.256 e. The fraction of sp³-hybridized carbons (Fsp3) is 0.143. The van der Waals surface area contributed by atoms with E-state index in [0.717, 1.165) is 5.56 Å². The van der Waals surface area contributed by atoms with Crippen LogP contribution in [0.4, 0.5) is 5.69 Å². The summed E-state index contributed by atoms with van der Waals surface area (Å²) < 4.78 is 11.1. The number of anilines is 1. The fourth-order valence-electron chi connectivity index (χ4n) is 2.92. The normalized spacial score (nSPS) is 12.3. The van der Waals surface area contributed by atoms with Crippen molar-refractivity contribution in [2.45, 2.75) is 6.54 Å². The Morgan fingerprint density at radius 3 is 2.72 bits per heavy atom. The van der Waals surface area contributed by atoms with Gasteiger partial charge in [-0.25, -0.2) is 0 Å². The fourth-order valence-corrected chi connectivity index (χ4v) is 3.85. The molecule has 2 heterocycles. The Balaban J connectivity index is 1.47. The molecule has 6 nitrogen and oxygen atoms in total. The number of thiophene rings is 1. The van der Waals surface area contributed by atoms with Crippen molar-refractivity contribution < 1.29 is 19.1 Å². The first-order valence-electron chi connectivity index (χ1n) is 8.90. The number of fused-ring (bicyclic) bond motifs is 1. The quantitative estimate of drug-likeness (QED) is 0.633. The van der Waals surface area contributed by atoms with Gasteiger partial charge in [0.2, 0.25) is 0 Å². The molecule has 0 atom stereocenters. The van der Waals surface area contributed by atoms with Gasteiger partial charge in [-0.1, -0.05) is 23.7 Å². The van der Waals surface area contributed by atoms with Crippen LogP contribution in [0, 0.1) is 0 Å². The minimum Gasteiger partial charge on any atom is -0.486 e. The molecular weight excluding hydrogens is 412 g/mol. The van der Waals surface area contributed by atoms with Gasteiger partial charge in [0.1, 0.15) is 13.2 Å². The summed E-state index contributed by atoms with van der Waals surface area (Å²) in [5.41, 5.74) is 2.16. The molecule has 0 saturated carbocycles. The Labute approximate surface area is 176 Å². The number of carbonyl (C=O) groups excluding carboxylic acids is 2. The average molecular weight is 429 g/mol. The molecule has 0 unspecified atom stereocenters. The molecule has 4 rings (SSSR count). The Hall–Kier alpha value is -3.03. The molecule has 0 radical (unpaired) electrons. The zero-order valence-corrected chi connectivity index (χ0v) is 16.8. The maximum Gasteiger partial charge on any atom is 0.256 e. The molecule has 0 saturated heterocycles. The predicted molar refractivity (Wildman–Crippen MR) is 112 cm³/mol. The Morgan fingerprint density at radius 1 is 1.07 bits per heavy atom. The number of hydrogen-bond acceptors (Lipinski definition) is 5. The number of carbonyl (C=O) groups is 2. The average Bonchev–Trinajstić information content (AvgIpc) is 3.28. The molecule has 29 heavy (non-hydrogen) atoms. The van der Waals surface area contributed by atoms with Crippen molar-refractivity contribution in [3.8, 4) is 11.5 Å². The summed E-state index contributed by atoms with van der Waals surface area (Å²) in [7, 11) is 0. The predicted octanol–water partition coefficient (Wildman–Crippen LogP) is 4.36. The number of halogens is 1. The molecule has 0 bridgehead atoms. The van der Waals surface area contributed by atoms with E-state index in [1.807, 2.05) is 5.38 Å². The third-order valence-electron chi connectivity index (χ3n) is 4.31. The van der Waals surface area contributed by atoms with Gasteiger partial charge in [0.15, 0.2) is 11.5 Å². The maximum absolute atomic E-state index is 12.7. The van der Waals surface area contributed by atoms with Crippen LogP contribution >= 0.6 is 22.9 Å². The van der Waals surface area contributed by atoms with E-state index in [9.17, 15) is 9.59 Å². The highest BCUT2D eigenvalue weighted by Gasteiger charge is 2.18. The monoisotopic (exact) mass is 428 g/mol. The van der Waals surface area contributed by atoms with E-state index in [2.05, 4.69) is 10.6 Å². The maximum atomic E-state index is 12.7. The molecule has 0 spiro atoms. The molecule has 8 heteroatoms. The van der Waals surface area contributed by atoms with Crippen molar-refractivity contribution in [3.63, 3.8) is 0 Å². The van der Waals surface area contributed by atoms with Crippen LogP contribution in [0.2, 0.25) is 5.02 Å². The molecule has 1 aromatic heterocycles. The lowest BCUT2D eigenvalue weighted by Crippen LogP contribution is -2.25. The largest absolute Gasteiger partial charge is 0.486 e. The van der Waals surface area contributed by atoms with E-state index in [-0.39, 0.29) is 18.4 Å². The number of amides is 2. The Kier molecular flexibility index (Phi) is 5.69. The van der Waals surface area contributed by atoms with Gasteiger partial charge in [0.25, 0.3) is 11.8 Å². The SMILES string of the molecule is O=C(Nc1ccccc1C(=O)NCc1cc(Cl)c2c(c1)OCCO2)c1ccsc1. The lowest BCUT2D eigenvalue weighted by molar-refractivity contribution is 0.0951. The topological polar surface area (TPSA) is 76.7 Å². The second-order valence-corrected chi connectivity index (χ2v) is 7.48. The van der Waals surface area contributed by atoms with Crippen LogP contribution in [-0.2, 0) is 6.54 Å². The number of para-hydroxylation sites is 1. The molecule has 148 valence electrons. The van der Waals surface area contributed by atoms with Gasteiger partial charge in [0.05, 0.1) is 21.8 Å². The summed E-state index contributed by atoms with van der Waals surface area (Å²) >= 11 is 7.68. The van der Waals surface area contributed by atoms with E-state index < -0.39 is 0 Å². The molecule has 2 amide bonds. The van der Waals surface area contributed by atoms with Crippen molar-refractivity contribution in [3.05, 3.63) is 74.9 Å². The molecule has 3 aromatic rings. The minimum atomic E-state index is -0.308. The van der Waals surface area contributed by atoms with Crippen molar-refractivity contribution in [2.24, 2.45) is 0 Å². The van der Waals surface area contributed by atoms with Gasteiger partial charge in [-0.15, -0.1) is 0 Å². The molecule has 1 aliphatic rings. The number of benzene rings is 2. The molecule has 1 aliphatic heterocycles. The minimum absolute atomic E-state index is 0.252. The van der Waals surface area contributed by atoms with Crippen LogP contribution in [0.3, 0.4) is 0 Å². The zero-order valence-electron chi connectivity index (χ0n) is 15.2. The second kappa shape index (κ2) is 8.55. The van der Waals surface area contributed by atoms with Crippen LogP contribution in [0.1, 0.15) is 26.3 Å². The van der Waals surface area contributed by atoms with Gasteiger partial charge >= 0.3 is 0 Å². The number of hydrogen-bond donors (Lipinski definition) is 2. The van der Waals surface area contributed by atoms with E-state index >= 15 is 0 Å². The van der Waals surface area contributed by atoms with Gasteiger partial charge in [-0.2, -0.15) is 11.3 Å².